The summed E-state index contributed by atoms with van der Waals surface area (Å²) < 4.78 is 0. The molecule has 1 aromatic rings. The highest BCUT2D eigenvalue weighted by atomic mass is 32.2. The zero-order valence-corrected chi connectivity index (χ0v) is 9.77. The van der Waals surface area contributed by atoms with Gasteiger partial charge in [-0.15, -0.1) is 0 Å². The van der Waals surface area contributed by atoms with Crippen molar-refractivity contribution in [3.8, 4) is 0 Å². The Kier molecular flexibility index (Phi) is 2.48. The number of rotatable bonds is 0. The van der Waals surface area contributed by atoms with Crippen molar-refractivity contribution in [1.82, 2.24) is 0 Å². The van der Waals surface area contributed by atoms with E-state index in [0.29, 0.717) is 0 Å². The molecule has 0 bridgehead atoms. The first-order valence-electron chi connectivity index (χ1n) is 5.65. The van der Waals surface area contributed by atoms with Crippen molar-refractivity contribution in [1.29, 1.82) is 0 Å². The highest BCUT2D eigenvalue weighted by Gasteiger charge is 2.24. The van der Waals surface area contributed by atoms with Crippen LogP contribution in [0.4, 0.5) is 5.69 Å². The van der Waals surface area contributed by atoms with Crippen molar-refractivity contribution >= 4 is 22.6 Å². The van der Waals surface area contributed by atoms with Crippen molar-refractivity contribution in [3.05, 3.63) is 35.5 Å². The topological polar surface area (TPSA) is 29.1 Å². The first kappa shape index (κ1) is 9.97. The number of nitrogens with one attached hydrogen (secondary N) is 1. The molecule has 0 aromatic heterocycles. The summed E-state index contributed by atoms with van der Waals surface area (Å²) in [6.45, 7) is 0. The molecule has 0 spiro atoms. The molecule has 0 atom stereocenters. The molecule has 82 valence electrons. The smallest absolute Gasteiger partial charge is 0.221 e. The van der Waals surface area contributed by atoms with Gasteiger partial charge in [-0.3, -0.25) is 4.79 Å². The van der Waals surface area contributed by atoms with E-state index in [1.807, 2.05) is 24.3 Å². The quantitative estimate of drug-likeness (QED) is 0.740. The van der Waals surface area contributed by atoms with Crippen molar-refractivity contribution < 1.29 is 4.79 Å². The zero-order valence-electron chi connectivity index (χ0n) is 8.95. The zero-order chi connectivity index (χ0) is 11.0. The third-order valence-corrected chi connectivity index (χ3v) is 4.10. The third-order valence-electron chi connectivity index (χ3n) is 3.09. The second kappa shape index (κ2) is 3.98. The van der Waals surface area contributed by atoms with Gasteiger partial charge in [-0.05, 0) is 49.6 Å². The van der Waals surface area contributed by atoms with Crippen molar-refractivity contribution in [2.45, 2.75) is 30.6 Å². The Morgan fingerprint density at radius 1 is 1.12 bits per heavy atom. The maximum atomic E-state index is 12.1. The largest absolute Gasteiger partial charge is 0.358 e. The first-order chi connectivity index (χ1) is 7.84. The molecule has 0 amide bonds. The lowest BCUT2D eigenvalue weighted by Gasteiger charge is -2.17. The van der Waals surface area contributed by atoms with Gasteiger partial charge in [0.25, 0.3) is 0 Å². The maximum Gasteiger partial charge on any atom is 0.221 e. The summed E-state index contributed by atoms with van der Waals surface area (Å²) in [6, 6.07) is 8.03. The van der Waals surface area contributed by atoms with E-state index < -0.39 is 0 Å². The van der Waals surface area contributed by atoms with Gasteiger partial charge in [0.1, 0.15) is 0 Å². The van der Waals surface area contributed by atoms with Crippen LogP contribution in [0.5, 0.6) is 0 Å². The van der Waals surface area contributed by atoms with E-state index in [2.05, 4.69) is 5.32 Å². The van der Waals surface area contributed by atoms with E-state index in [0.717, 1.165) is 41.1 Å². The predicted octanol–water partition coefficient (Wildman–Crippen LogP) is 3.56. The van der Waals surface area contributed by atoms with Gasteiger partial charge in [-0.1, -0.05) is 12.1 Å². The number of anilines is 1. The molecule has 0 fully saturated rings. The molecule has 0 saturated heterocycles. The number of hydrogen-bond acceptors (Lipinski definition) is 3. The Balaban J connectivity index is 2.06. The van der Waals surface area contributed by atoms with Crippen LogP contribution in [0.2, 0.25) is 0 Å². The number of fused-ring (bicyclic) bond motifs is 1. The molecule has 1 aromatic carbocycles. The minimum atomic E-state index is 0.229. The lowest BCUT2D eigenvalue weighted by atomic mass is 9.97. The minimum absolute atomic E-state index is 0.229. The fourth-order valence-corrected chi connectivity index (χ4v) is 3.18. The molecule has 2 aliphatic rings. The van der Waals surface area contributed by atoms with Crippen LogP contribution in [0, 0.1) is 0 Å². The fourth-order valence-electron chi connectivity index (χ4n) is 2.25. The molecule has 1 aliphatic carbocycles. The van der Waals surface area contributed by atoms with Crippen LogP contribution in [-0.2, 0) is 4.79 Å². The normalized spacial score (nSPS) is 19.6. The highest BCUT2D eigenvalue weighted by molar-refractivity contribution is 8.14. The number of hydrogen-bond donors (Lipinski definition) is 1. The summed E-state index contributed by atoms with van der Waals surface area (Å²) in [5.74, 6) is 0. The number of carbonyl (C=O) groups excluding carboxylic acids is 1. The third kappa shape index (κ3) is 1.65. The Bertz CT molecular complexity index is 479. The summed E-state index contributed by atoms with van der Waals surface area (Å²) in [7, 11) is 0. The Morgan fingerprint density at radius 2 is 1.94 bits per heavy atom. The van der Waals surface area contributed by atoms with Crippen LogP contribution >= 0.6 is 11.8 Å². The lowest BCUT2D eigenvalue weighted by Crippen LogP contribution is -2.10. The van der Waals surface area contributed by atoms with Crippen LogP contribution in [0.3, 0.4) is 0 Å². The molecule has 0 saturated carbocycles. The van der Waals surface area contributed by atoms with E-state index in [1.54, 1.807) is 0 Å². The summed E-state index contributed by atoms with van der Waals surface area (Å²) in [5, 5.41) is 3.66. The minimum Gasteiger partial charge on any atom is -0.358 e. The standard InChI is InChI=1S/C13H13NOS/c15-13-9-5-1-2-6-10(9)14-11-7-3-4-8-12(11)16-13/h3-4,7-8,14H,1-2,5-6H2. The number of allylic oxidation sites excluding steroid dienone is 1. The summed E-state index contributed by atoms with van der Waals surface area (Å²) in [5.41, 5.74) is 3.23. The average molecular weight is 231 g/mol. The molecule has 1 aliphatic heterocycles. The van der Waals surface area contributed by atoms with Gasteiger partial charge in [0.05, 0.1) is 5.69 Å². The fraction of sp³-hybridized carbons (Fsp3) is 0.308. The molecular formula is C13H13NOS. The van der Waals surface area contributed by atoms with Crippen LogP contribution in [-0.4, -0.2) is 5.12 Å². The molecular weight excluding hydrogens is 218 g/mol. The lowest BCUT2D eigenvalue weighted by molar-refractivity contribution is -0.108. The summed E-state index contributed by atoms with van der Waals surface area (Å²) in [6.07, 6.45) is 4.27. The molecule has 3 rings (SSSR count). The Morgan fingerprint density at radius 3 is 2.88 bits per heavy atom. The highest BCUT2D eigenvalue weighted by Crippen LogP contribution is 2.38. The number of para-hydroxylation sites is 1. The van der Waals surface area contributed by atoms with E-state index in [1.165, 1.54) is 18.2 Å². The molecule has 0 unspecified atom stereocenters. The second-order valence-electron chi connectivity index (χ2n) is 4.17. The van der Waals surface area contributed by atoms with Crippen molar-refractivity contribution in [2.75, 3.05) is 5.32 Å². The molecule has 1 N–H and O–H groups in total. The van der Waals surface area contributed by atoms with Gasteiger partial charge in [0.15, 0.2) is 0 Å². The Hall–Kier alpha value is -1.22. The van der Waals surface area contributed by atoms with Crippen LogP contribution in [0.1, 0.15) is 25.7 Å². The molecule has 0 radical (unpaired) electrons. The second-order valence-corrected chi connectivity index (χ2v) is 5.19. The van der Waals surface area contributed by atoms with Gasteiger partial charge < -0.3 is 5.32 Å². The molecule has 1 heterocycles. The van der Waals surface area contributed by atoms with Crippen LogP contribution < -0.4 is 5.32 Å². The van der Waals surface area contributed by atoms with Crippen molar-refractivity contribution in [3.63, 3.8) is 0 Å². The van der Waals surface area contributed by atoms with Gasteiger partial charge in [-0.25, -0.2) is 0 Å². The predicted molar refractivity (Wildman–Crippen MR) is 66.4 cm³/mol. The van der Waals surface area contributed by atoms with E-state index in [4.69, 9.17) is 0 Å². The Labute approximate surface area is 99.1 Å². The SMILES string of the molecule is O=C1Sc2ccccc2NC2=C1CCCC2. The van der Waals surface area contributed by atoms with Gasteiger partial charge in [-0.2, -0.15) is 0 Å². The number of thioether (sulfide) groups is 1. The van der Waals surface area contributed by atoms with Crippen molar-refractivity contribution in [2.24, 2.45) is 0 Å². The van der Waals surface area contributed by atoms with E-state index in [9.17, 15) is 4.79 Å². The van der Waals surface area contributed by atoms with Gasteiger partial charge in [0, 0.05) is 16.2 Å². The van der Waals surface area contributed by atoms with Gasteiger partial charge >= 0.3 is 0 Å². The number of carbonyl (C=O) groups is 1. The summed E-state index contributed by atoms with van der Waals surface area (Å²) in [4.78, 5) is 13.1. The maximum absolute atomic E-state index is 12.1. The number of benzene rings is 1. The van der Waals surface area contributed by atoms with Gasteiger partial charge in [0.2, 0.25) is 5.12 Å². The van der Waals surface area contributed by atoms with Crippen LogP contribution in [0.15, 0.2) is 40.4 Å². The monoisotopic (exact) mass is 231 g/mol. The van der Waals surface area contributed by atoms with E-state index in [-0.39, 0.29) is 5.12 Å². The molecule has 16 heavy (non-hydrogen) atoms. The molecule has 2 nitrogen and oxygen atoms in total. The van der Waals surface area contributed by atoms with E-state index >= 15 is 0 Å². The molecule has 3 heteroatoms. The first-order valence-corrected chi connectivity index (χ1v) is 6.46. The van der Waals surface area contributed by atoms with Crippen LogP contribution in [0.25, 0.3) is 0 Å². The average Bonchev–Trinajstić information content (AvgIpc) is 2.45. The summed E-state index contributed by atoms with van der Waals surface area (Å²) >= 11 is 1.36.